The molecule has 0 bridgehead atoms. The van der Waals surface area contributed by atoms with Crippen molar-refractivity contribution >= 4 is 23.3 Å². The molecule has 0 aliphatic rings. The number of hydrogen-bond donors (Lipinski definition) is 4. The van der Waals surface area contributed by atoms with Crippen LogP contribution in [0, 0.1) is 23.7 Å². The van der Waals surface area contributed by atoms with Gasteiger partial charge in [0.25, 0.3) is 5.91 Å². The molecular formula is C33H32N2O6. The average Bonchev–Trinajstić information content (AvgIpc) is 2.98. The minimum Gasteiger partial charge on any atom is -0.497 e. The predicted molar refractivity (Wildman–Crippen MR) is 156 cm³/mol. The summed E-state index contributed by atoms with van der Waals surface area (Å²) < 4.78 is 5.23. The van der Waals surface area contributed by atoms with Crippen molar-refractivity contribution in [3.05, 3.63) is 95.1 Å². The lowest BCUT2D eigenvalue weighted by Crippen LogP contribution is -2.48. The largest absolute Gasteiger partial charge is 0.497 e. The zero-order valence-corrected chi connectivity index (χ0v) is 22.9. The number of carbonyl (C=O) groups excluding carboxylic acids is 3. The standard InChI is InChI=1S/C33H32N2O6/c1-23(37)32(30(38)22-36)35-33(40)27-17-13-24(14-18-27)7-3-4-8-25-15-19-28(20-16-25)34-31(39)12-6-10-26-9-5-11-29(21-26)41-2/h5,9,11,13-21,23,32,36-37H,6,10,12,22H2,1-2H3,(H,34,39)(H,35,40)/t23-,32+/m1/s1. The molecule has 4 N–H and O–H groups in total. The maximum absolute atomic E-state index is 12.4. The molecular weight excluding hydrogens is 520 g/mol. The summed E-state index contributed by atoms with van der Waals surface area (Å²) in [5, 5.41) is 24.0. The molecule has 8 nitrogen and oxygen atoms in total. The highest BCUT2D eigenvalue weighted by Crippen LogP contribution is 2.15. The van der Waals surface area contributed by atoms with Crippen molar-refractivity contribution in [2.75, 3.05) is 19.0 Å². The number of ether oxygens (including phenoxy) is 1. The number of aryl methyl sites for hydroxylation is 1. The average molecular weight is 553 g/mol. The number of anilines is 1. The van der Waals surface area contributed by atoms with E-state index in [2.05, 4.69) is 34.3 Å². The van der Waals surface area contributed by atoms with Crippen molar-refractivity contribution in [2.45, 2.75) is 38.3 Å². The second-order valence-corrected chi connectivity index (χ2v) is 9.22. The number of ketones is 1. The van der Waals surface area contributed by atoms with Crippen molar-refractivity contribution in [3.63, 3.8) is 0 Å². The molecule has 210 valence electrons. The van der Waals surface area contributed by atoms with Crippen molar-refractivity contribution in [1.29, 1.82) is 0 Å². The summed E-state index contributed by atoms with van der Waals surface area (Å²) in [7, 11) is 1.63. The summed E-state index contributed by atoms with van der Waals surface area (Å²) >= 11 is 0. The normalized spacial score (nSPS) is 11.5. The number of amides is 2. The van der Waals surface area contributed by atoms with Gasteiger partial charge in [0.15, 0.2) is 5.78 Å². The molecule has 0 aliphatic heterocycles. The second kappa shape index (κ2) is 15.6. The van der Waals surface area contributed by atoms with Gasteiger partial charge in [-0.15, -0.1) is 0 Å². The Kier molecular flexibility index (Phi) is 11.7. The zero-order valence-electron chi connectivity index (χ0n) is 22.9. The third-order valence-electron chi connectivity index (χ3n) is 6.07. The molecule has 0 aliphatic carbocycles. The van der Waals surface area contributed by atoms with Gasteiger partial charge in [0.2, 0.25) is 5.91 Å². The highest BCUT2D eigenvalue weighted by atomic mass is 16.5. The van der Waals surface area contributed by atoms with Gasteiger partial charge in [0.1, 0.15) is 18.4 Å². The first-order valence-electron chi connectivity index (χ1n) is 13.1. The molecule has 0 unspecified atom stereocenters. The zero-order chi connectivity index (χ0) is 29.6. The van der Waals surface area contributed by atoms with Crippen LogP contribution < -0.4 is 15.4 Å². The van der Waals surface area contributed by atoms with Gasteiger partial charge in [-0.1, -0.05) is 24.0 Å². The number of benzene rings is 3. The monoisotopic (exact) mass is 552 g/mol. The molecule has 0 spiro atoms. The Bertz CT molecular complexity index is 1470. The van der Waals surface area contributed by atoms with E-state index < -0.39 is 30.4 Å². The number of hydrogen-bond acceptors (Lipinski definition) is 6. The third-order valence-corrected chi connectivity index (χ3v) is 6.07. The van der Waals surface area contributed by atoms with Crippen LogP contribution in [-0.4, -0.2) is 53.7 Å². The van der Waals surface area contributed by atoms with E-state index in [1.54, 1.807) is 55.6 Å². The Hall–Kier alpha value is -4.89. The maximum Gasteiger partial charge on any atom is 0.251 e. The molecule has 2 atom stereocenters. The molecule has 0 radical (unpaired) electrons. The smallest absolute Gasteiger partial charge is 0.251 e. The van der Waals surface area contributed by atoms with E-state index in [4.69, 9.17) is 9.84 Å². The van der Waals surface area contributed by atoms with Gasteiger partial charge in [-0.25, -0.2) is 0 Å². The number of carbonyl (C=O) groups is 3. The Labute approximate surface area is 239 Å². The van der Waals surface area contributed by atoms with Crippen LogP contribution in [0.3, 0.4) is 0 Å². The van der Waals surface area contributed by atoms with Crippen LogP contribution in [0.5, 0.6) is 5.75 Å². The van der Waals surface area contributed by atoms with Crippen molar-refractivity contribution in [2.24, 2.45) is 0 Å². The molecule has 3 aromatic rings. The number of nitrogens with one attached hydrogen (secondary N) is 2. The lowest BCUT2D eigenvalue weighted by atomic mass is 10.1. The minimum absolute atomic E-state index is 0.0532. The van der Waals surface area contributed by atoms with E-state index in [9.17, 15) is 19.5 Å². The van der Waals surface area contributed by atoms with E-state index >= 15 is 0 Å². The van der Waals surface area contributed by atoms with Gasteiger partial charge in [-0.3, -0.25) is 14.4 Å². The van der Waals surface area contributed by atoms with E-state index in [0.717, 1.165) is 29.7 Å². The van der Waals surface area contributed by atoms with Crippen LogP contribution in [0.2, 0.25) is 0 Å². The van der Waals surface area contributed by atoms with Crippen LogP contribution in [0.15, 0.2) is 72.8 Å². The Morgan fingerprint density at radius 3 is 2.15 bits per heavy atom. The van der Waals surface area contributed by atoms with Gasteiger partial charge in [-0.05, 0) is 97.8 Å². The number of methoxy groups -OCH3 is 1. The number of aliphatic hydroxyl groups excluding tert-OH is 2. The van der Waals surface area contributed by atoms with Crippen LogP contribution >= 0.6 is 0 Å². The minimum atomic E-state index is -1.19. The Balaban J connectivity index is 1.47. The summed E-state index contributed by atoms with van der Waals surface area (Å²) in [5.41, 5.74) is 3.48. The van der Waals surface area contributed by atoms with E-state index in [-0.39, 0.29) is 11.5 Å². The lowest BCUT2D eigenvalue weighted by Gasteiger charge is -2.19. The highest BCUT2D eigenvalue weighted by Gasteiger charge is 2.25. The second-order valence-electron chi connectivity index (χ2n) is 9.22. The number of Topliss-reactive ketones (excluding diaryl/α,β-unsaturated/α-hetero) is 1. The molecule has 3 aromatic carbocycles. The summed E-state index contributed by atoms with van der Waals surface area (Å²) in [5.74, 6) is 10.9. The van der Waals surface area contributed by atoms with E-state index in [1.165, 1.54) is 6.92 Å². The van der Waals surface area contributed by atoms with Gasteiger partial charge >= 0.3 is 0 Å². The molecule has 0 saturated carbocycles. The van der Waals surface area contributed by atoms with Crippen molar-refractivity contribution in [3.8, 4) is 29.4 Å². The number of aliphatic hydroxyl groups is 2. The molecule has 2 amide bonds. The summed E-state index contributed by atoms with van der Waals surface area (Å²) in [6.07, 6.45) is 0.786. The SMILES string of the molecule is COc1cccc(CCCC(=O)Nc2ccc(C#CC#Cc3ccc(C(=O)N[C@H](C(=O)CO)[C@@H](C)O)cc3)cc2)c1. The van der Waals surface area contributed by atoms with E-state index in [1.807, 2.05) is 24.3 Å². The van der Waals surface area contributed by atoms with Crippen molar-refractivity contribution < 1.29 is 29.3 Å². The molecule has 41 heavy (non-hydrogen) atoms. The first-order valence-corrected chi connectivity index (χ1v) is 13.1. The lowest BCUT2D eigenvalue weighted by molar-refractivity contribution is -0.126. The highest BCUT2D eigenvalue weighted by molar-refractivity contribution is 5.98. The number of rotatable bonds is 11. The molecule has 0 aromatic heterocycles. The quantitative estimate of drug-likeness (QED) is 0.271. The topological polar surface area (TPSA) is 125 Å². The van der Waals surface area contributed by atoms with Crippen LogP contribution in [0.25, 0.3) is 0 Å². The fraction of sp³-hybridized carbons (Fsp3) is 0.242. The van der Waals surface area contributed by atoms with Gasteiger partial charge in [-0.2, -0.15) is 0 Å². The van der Waals surface area contributed by atoms with Crippen LogP contribution in [-0.2, 0) is 16.0 Å². The first kappa shape index (κ1) is 30.6. The van der Waals surface area contributed by atoms with Gasteiger partial charge in [0, 0.05) is 28.8 Å². The summed E-state index contributed by atoms with van der Waals surface area (Å²) in [6, 6.07) is 20.2. The Morgan fingerprint density at radius 2 is 1.56 bits per heavy atom. The predicted octanol–water partition coefficient (Wildman–Crippen LogP) is 3.10. The maximum atomic E-state index is 12.4. The fourth-order valence-electron chi connectivity index (χ4n) is 3.85. The summed E-state index contributed by atoms with van der Waals surface area (Å²) in [6.45, 7) is 0.580. The van der Waals surface area contributed by atoms with Crippen molar-refractivity contribution in [1.82, 2.24) is 5.32 Å². The van der Waals surface area contributed by atoms with Crippen LogP contribution in [0.1, 0.15) is 46.8 Å². The van der Waals surface area contributed by atoms with Crippen LogP contribution in [0.4, 0.5) is 5.69 Å². The van der Waals surface area contributed by atoms with Gasteiger partial charge < -0.3 is 25.6 Å². The molecule has 0 saturated heterocycles. The molecule has 0 fully saturated rings. The molecule has 0 heterocycles. The fourth-order valence-corrected chi connectivity index (χ4v) is 3.85. The van der Waals surface area contributed by atoms with E-state index in [0.29, 0.717) is 17.7 Å². The third kappa shape index (κ3) is 9.98. The first-order chi connectivity index (χ1) is 19.8. The van der Waals surface area contributed by atoms with Gasteiger partial charge in [0.05, 0.1) is 13.2 Å². The molecule has 8 heteroatoms. The Morgan fingerprint density at radius 1 is 0.927 bits per heavy atom. The molecule has 3 rings (SSSR count). The summed E-state index contributed by atoms with van der Waals surface area (Å²) in [4.78, 5) is 36.4.